The Morgan fingerprint density at radius 3 is 2.82 bits per heavy atom. The molecule has 2 aromatic rings. The first-order valence-corrected chi connectivity index (χ1v) is 6.11. The molecule has 1 aliphatic rings. The molecule has 1 N–H and O–H groups in total. The van der Waals surface area contributed by atoms with E-state index in [0.29, 0.717) is 0 Å². The van der Waals surface area contributed by atoms with Crippen LogP contribution in [0, 0.1) is 6.92 Å². The van der Waals surface area contributed by atoms with Crippen LogP contribution in [0.15, 0.2) is 24.3 Å². The highest BCUT2D eigenvalue weighted by molar-refractivity contribution is 5.85. The molecular weight excluding hydrogens is 212 g/mol. The molecule has 0 bridgehead atoms. The molecular formula is C14H18N2O. The van der Waals surface area contributed by atoms with Gasteiger partial charge in [0.2, 0.25) is 0 Å². The highest BCUT2D eigenvalue weighted by Gasteiger charge is 2.27. The first-order valence-electron chi connectivity index (χ1n) is 6.11. The van der Waals surface area contributed by atoms with Crippen molar-refractivity contribution in [3.8, 4) is 0 Å². The standard InChI is InChI=1S/C14H18N2O/c1-9-14(13-8-15-10(2)17-13)11-6-4-5-7-12(11)16(9)3/h4-7,10,13,15H,8H2,1-3H3. The van der Waals surface area contributed by atoms with E-state index in [9.17, 15) is 0 Å². The lowest BCUT2D eigenvalue weighted by Crippen LogP contribution is -2.17. The lowest BCUT2D eigenvalue weighted by atomic mass is 10.1. The lowest BCUT2D eigenvalue weighted by molar-refractivity contribution is 0.0533. The number of fused-ring (bicyclic) bond motifs is 1. The topological polar surface area (TPSA) is 26.2 Å². The zero-order valence-electron chi connectivity index (χ0n) is 10.5. The molecule has 0 radical (unpaired) electrons. The van der Waals surface area contributed by atoms with Gasteiger partial charge in [-0.2, -0.15) is 0 Å². The molecule has 2 unspecified atom stereocenters. The van der Waals surface area contributed by atoms with Crippen molar-refractivity contribution in [1.29, 1.82) is 0 Å². The van der Waals surface area contributed by atoms with E-state index >= 15 is 0 Å². The van der Waals surface area contributed by atoms with E-state index in [1.807, 2.05) is 0 Å². The van der Waals surface area contributed by atoms with E-state index in [2.05, 4.69) is 55.0 Å². The average Bonchev–Trinajstić information content (AvgIpc) is 2.84. The Morgan fingerprint density at radius 2 is 2.12 bits per heavy atom. The van der Waals surface area contributed by atoms with Crippen LogP contribution in [-0.2, 0) is 11.8 Å². The molecule has 1 aromatic carbocycles. The van der Waals surface area contributed by atoms with Gasteiger partial charge in [0.15, 0.2) is 0 Å². The van der Waals surface area contributed by atoms with Gasteiger partial charge in [0.05, 0.1) is 6.10 Å². The SMILES string of the molecule is Cc1c(C2CNC(C)O2)c2ccccc2n1C. The smallest absolute Gasteiger partial charge is 0.106 e. The van der Waals surface area contributed by atoms with Gasteiger partial charge in [0.1, 0.15) is 6.23 Å². The summed E-state index contributed by atoms with van der Waals surface area (Å²) in [5, 5.41) is 4.65. The van der Waals surface area contributed by atoms with Gasteiger partial charge in [0.25, 0.3) is 0 Å². The van der Waals surface area contributed by atoms with Crippen molar-refractivity contribution in [1.82, 2.24) is 9.88 Å². The zero-order valence-corrected chi connectivity index (χ0v) is 10.5. The normalized spacial score (nSPS) is 24.6. The molecule has 0 saturated carbocycles. The van der Waals surface area contributed by atoms with Crippen LogP contribution < -0.4 is 5.32 Å². The molecule has 2 atom stereocenters. The van der Waals surface area contributed by atoms with Crippen molar-refractivity contribution < 1.29 is 4.74 Å². The van der Waals surface area contributed by atoms with Gasteiger partial charge in [-0.15, -0.1) is 0 Å². The Morgan fingerprint density at radius 1 is 1.35 bits per heavy atom. The first-order chi connectivity index (χ1) is 8.18. The Hall–Kier alpha value is -1.32. The molecule has 1 aromatic heterocycles. The first kappa shape index (κ1) is 10.8. The number of aromatic nitrogens is 1. The van der Waals surface area contributed by atoms with E-state index in [1.54, 1.807) is 0 Å². The number of ether oxygens (including phenoxy) is 1. The number of nitrogens with zero attached hydrogens (tertiary/aromatic N) is 1. The van der Waals surface area contributed by atoms with Gasteiger partial charge < -0.3 is 9.30 Å². The van der Waals surface area contributed by atoms with Crippen LogP contribution >= 0.6 is 0 Å². The molecule has 3 rings (SSSR count). The van der Waals surface area contributed by atoms with Crippen molar-refractivity contribution in [2.24, 2.45) is 7.05 Å². The summed E-state index contributed by atoms with van der Waals surface area (Å²) >= 11 is 0. The summed E-state index contributed by atoms with van der Waals surface area (Å²) < 4.78 is 8.17. The lowest BCUT2D eigenvalue weighted by Gasteiger charge is -2.10. The van der Waals surface area contributed by atoms with Gasteiger partial charge in [-0.1, -0.05) is 18.2 Å². The van der Waals surface area contributed by atoms with Crippen LogP contribution in [0.3, 0.4) is 0 Å². The molecule has 1 saturated heterocycles. The minimum Gasteiger partial charge on any atom is -0.354 e. The minimum atomic E-state index is 0.151. The van der Waals surface area contributed by atoms with Gasteiger partial charge in [-0.25, -0.2) is 0 Å². The summed E-state index contributed by atoms with van der Waals surface area (Å²) in [6.07, 6.45) is 0.328. The fourth-order valence-corrected chi connectivity index (χ4v) is 2.74. The number of aryl methyl sites for hydroxylation is 1. The zero-order chi connectivity index (χ0) is 12.0. The minimum absolute atomic E-state index is 0.151. The molecule has 90 valence electrons. The molecule has 2 heterocycles. The second kappa shape index (κ2) is 3.86. The summed E-state index contributed by atoms with van der Waals surface area (Å²) in [5.74, 6) is 0. The van der Waals surface area contributed by atoms with Gasteiger partial charge in [-0.3, -0.25) is 5.32 Å². The quantitative estimate of drug-likeness (QED) is 0.814. The number of benzene rings is 1. The van der Waals surface area contributed by atoms with Crippen molar-refractivity contribution >= 4 is 10.9 Å². The van der Waals surface area contributed by atoms with E-state index in [1.165, 1.54) is 22.2 Å². The maximum atomic E-state index is 5.93. The number of para-hydroxylation sites is 1. The summed E-state index contributed by atoms with van der Waals surface area (Å²) in [7, 11) is 2.12. The predicted molar refractivity (Wildman–Crippen MR) is 68.9 cm³/mol. The summed E-state index contributed by atoms with van der Waals surface area (Å²) in [6.45, 7) is 5.12. The van der Waals surface area contributed by atoms with Crippen molar-refractivity contribution in [2.75, 3.05) is 6.54 Å². The third kappa shape index (κ3) is 1.58. The second-order valence-electron chi connectivity index (χ2n) is 4.75. The molecule has 1 fully saturated rings. The van der Waals surface area contributed by atoms with Crippen LogP contribution in [0.2, 0.25) is 0 Å². The molecule has 3 heteroatoms. The van der Waals surface area contributed by atoms with E-state index in [-0.39, 0.29) is 12.3 Å². The third-order valence-corrected chi connectivity index (χ3v) is 3.73. The fourth-order valence-electron chi connectivity index (χ4n) is 2.74. The highest BCUT2D eigenvalue weighted by atomic mass is 16.5. The molecule has 17 heavy (non-hydrogen) atoms. The number of nitrogens with one attached hydrogen (secondary N) is 1. The largest absolute Gasteiger partial charge is 0.354 e. The van der Waals surface area contributed by atoms with Gasteiger partial charge in [-0.05, 0) is 19.9 Å². The van der Waals surface area contributed by atoms with Crippen LogP contribution in [0.5, 0.6) is 0 Å². The Kier molecular flexibility index (Phi) is 2.45. The predicted octanol–water partition coefficient (Wildman–Crippen LogP) is 2.49. The second-order valence-corrected chi connectivity index (χ2v) is 4.75. The number of rotatable bonds is 1. The van der Waals surface area contributed by atoms with Crippen molar-refractivity contribution in [2.45, 2.75) is 26.2 Å². The van der Waals surface area contributed by atoms with Crippen LogP contribution in [-0.4, -0.2) is 17.3 Å². The van der Waals surface area contributed by atoms with Crippen molar-refractivity contribution in [3.63, 3.8) is 0 Å². The maximum absolute atomic E-state index is 5.93. The summed E-state index contributed by atoms with van der Waals surface area (Å²) in [6, 6.07) is 8.53. The summed E-state index contributed by atoms with van der Waals surface area (Å²) in [4.78, 5) is 0. The highest BCUT2D eigenvalue weighted by Crippen LogP contribution is 2.33. The molecule has 0 amide bonds. The van der Waals surface area contributed by atoms with Gasteiger partial charge in [0, 0.05) is 35.8 Å². The van der Waals surface area contributed by atoms with E-state index in [4.69, 9.17) is 4.74 Å². The molecule has 0 spiro atoms. The Bertz CT molecular complexity index is 559. The molecule has 1 aliphatic heterocycles. The Balaban J connectivity index is 2.18. The molecule has 0 aliphatic carbocycles. The average molecular weight is 230 g/mol. The van der Waals surface area contributed by atoms with Gasteiger partial charge >= 0.3 is 0 Å². The van der Waals surface area contributed by atoms with Crippen LogP contribution in [0.1, 0.15) is 24.3 Å². The summed E-state index contributed by atoms with van der Waals surface area (Å²) in [5.41, 5.74) is 3.91. The Labute approximate surface area is 101 Å². The van der Waals surface area contributed by atoms with Crippen LogP contribution in [0.25, 0.3) is 10.9 Å². The van der Waals surface area contributed by atoms with E-state index in [0.717, 1.165) is 6.54 Å². The van der Waals surface area contributed by atoms with E-state index < -0.39 is 0 Å². The maximum Gasteiger partial charge on any atom is 0.106 e. The molecule has 3 nitrogen and oxygen atoms in total. The number of hydrogen-bond acceptors (Lipinski definition) is 2. The number of hydrogen-bond donors (Lipinski definition) is 1. The van der Waals surface area contributed by atoms with Crippen molar-refractivity contribution in [3.05, 3.63) is 35.5 Å². The fraction of sp³-hybridized carbons (Fsp3) is 0.429. The third-order valence-electron chi connectivity index (χ3n) is 3.73. The monoisotopic (exact) mass is 230 g/mol. The van der Waals surface area contributed by atoms with Crippen LogP contribution in [0.4, 0.5) is 0 Å².